The summed E-state index contributed by atoms with van der Waals surface area (Å²) in [5.74, 6) is 0. The second kappa shape index (κ2) is 6.76. The smallest absolute Gasteiger partial charge is 0.0359 e. The molecule has 0 saturated heterocycles. The molecule has 2 rings (SSSR count). The molecule has 0 fully saturated rings. The average Bonchev–Trinajstić information content (AvgIpc) is 2.88. The van der Waals surface area contributed by atoms with Gasteiger partial charge >= 0.3 is 0 Å². The highest BCUT2D eigenvalue weighted by Crippen LogP contribution is 2.21. The zero-order valence-corrected chi connectivity index (χ0v) is 12.9. The number of hydrogen-bond donors (Lipinski definition) is 1. The van der Waals surface area contributed by atoms with Gasteiger partial charge in [0, 0.05) is 36.9 Å². The van der Waals surface area contributed by atoms with E-state index >= 15 is 0 Å². The van der Waals surface area contributed by atoms with Gasteiger partial charge in [0.25, 0.3) is 0 Å². The first-order chi connectivity index (χ1) is 9.63. The highest BCUT2D eigenvalue weighted by atomic mass is 15.0. The van der Waals surface area contributed by atoms with Crippen LogP contribution in [0.2, 0.25) is 0 Å². The molecule has 1 aromatic carbocycles. The van der Waals surface area contributed by atoms with Crippen molar-refractivity contribution in [2.24, 2.45) is 0 Å². The molecule has 0 saturated carbocycles. The highest BCUT2D eigenvalue weighted by molar-refractivity contribution is 5.23. The van der Waals surface area contributed by atoms with Gasteiger partial charge in [-0.15, -0.1) is 0 Å². The number of nitrogens with zero attached hydrogens (tertiary/aromatic N) is 1. The van der Waals surface area contributed by atoms with Crippen LogP contribution in [0.25, 0.3) is 0 Å². The van der Waals surface area contributed by atoms with E-state index < -0.39 is 0 Å². The lowest BCUT2D eigenvalue weighted by Crippen LogP contribution is -2.33. The number of rotatable bonds is 7. The van der Waals surface area contributed by atoms with Crippen molar-refractivity contribution in [3.05, 3.63) is 59.9 Å². The Morgan fingerprint density at radius 1 is 1.05 bits per heavy atom. The first-order valence-electron chi connectivity index (χ1n) is 7.54. The van der Waals surface area contributed by atoms with Crippen molar-refractivity contribution >= 4 is 0 Å². The third-order valence-electron chi connectivity index (χ3n) is 3.82. The number of nitrogens with one attached hydrogen (secondary N) is 1. The largest absolute Gasteiger partial charge is 0.350 e. The van der Waals surface area contributed by atoms with Gasteiger partial charge in [-0.2, -0.15) is 0 Å². The molecule has 2 aromatic rings. The van der Waals surface area contributed by atoms with Gasteiger partial charge in [0.2, 0.25) is 0 Å². The molecule has 0 radical (unpaired) electrons. The average molecular weight is 270 g/mol. The molecule has 20 heavy (non-hydrogen) atoms. The van der Waals surface area contributed by atoms with E-state index in [1.807, 2.05) is 0 Å². The van der Waals surface area contributed by atoms with Crippen LogP contribution in [-0.2, 0) is 18.5 Å². The van der Waals surface area contributed by atoms with E-state index in [0.717, 1.165) is 19.6 Å². The van der Waals surface area contributed by atoms with Gasteiger partial charge in [-0.05, 0) is 24.1 Å². The van der Waals surface area contributed by atoms with Gasteiger partial charge in [0.1, 0.15) is 0 Å². The normalized spacial score (nSPS) is 11.8. The fraction of sp³-hybridized carbons (Fsp3) is 0.444. The van der Waals surface area contributed by atoms with Crippen molar-refractivity contribution in [3.63, 3.8) is 0 Å². The van der Waals surface area contributed by atoms with Crippen molar-refractivity contribution < 1.29 is 0 Å². The predicted octanol–water partition coefficient (Wildman–Crippen LogP) is 3.97. The molecule has 2 heteroatoms. The molecule has 0 bridgehead atoms. The molecular weight excluding hydrogens is 244 g/mol. The Labute approximate surface area is 122 Å². The highest BCUT2D eigenvalue weighted by Gasteiger charge is 2.19. The van der Waals surface area contributed by atoms with Gasteiger partial charge in [0.15, 0.2) is 0 Å². The van der Waals surface area contributed by atoms with Crippen LogP contribution >= 0.6 is 0 Å². The van der Waals surface area contributed by atoms with Crippen LogP contribution in [0.15, 0.2) is 48.7 Å². The Balaban J connectivity index is 1.90. The molecule has 0 aliphatic rings. The summed E-state index contributed by atoms with van der Waals surface area (Å²) in [5, 5.41) is 3.60. The van der Waals surface area contributed by atoms with Gasteiger partial charge in [-0.3, -0.25) is 0 Å². The number of aromatic nitrogens is 1. The number of hydrogen-bond acceptors (Lipinski definition) is 1. The summed E-state index contributed by atoms with van der Waals surface area (Å²) in [6.07, 6.45) is 3.35. The summed E-state index contributed by atoms with van der Waals surface area (Å²) in [4.78, 5) is 0. The second-order valence-corrected chi connectivity index (χ2v) is 6.05. The topological polar surface area (TPSA) is 17.0 Å². The summed E-state index contributed by atoms with van der Waals surface area (Å²) in [6.45, 7) is 9.82. The third kappa shape index (κ3) is 3.73. The minimum absolute atomic E-state index is 0.156. The van der Waals surface area contributed by atoms with Gasteiger partial charge in [0.05, 0.1) is 0 Å². The molecule has 1 N–H and O–H groups in total. The standard InChI is InChI=1S/C18H26N2/c1-4-12-20-13-8-11-17(20)14-19-15-18(2,3)16-9-6-5-7-10-16/h5-11,13,19H,4,12,14-15H2,1-3H3. The Bertz CT molecular complexity index is 511. The summed E-state index contributed by atoms with van der Waals surface area (Å²) in [6, 6.07) is 15.1. The predicted molar refractivity (Wildman–Crippen MR) is 85.9 cm³/mol. The Morgan fingerprint density at radius 2 is 1.80 bits per heavy atom. The fourth-order valence-electron chi connectivity index (χ4n) is 2.56. The van der Waals surface area contributed by atoms with E-state index in [1.54, 1.807) is 0 Å². The van der Waals surface area contributed by atoms with Crippen molar-refractivity contribution in [2.45, 2.75) is 45.7 Å². The molecule has 2 nitrogen and oxygen atoms in total. The molecule has 0 unspecified atom stereocenters. The quantitative estimate of drug-likeness (QED) is 0.805. The third-order valence-corrected chi connectivity index (χ3v) is 3.82. The Hall–Kier alpha value is -1.54. The summed E-state index contributed by atoms with van der Waals surface area (Å²) >= 11 is 0. The van der Waals surface area contributed by atoms with Crippen LogP contribution in [0.5, 0.6) is 0 Å². The van der Waals surface area contributed by atoms with Crippen molar-refractivity contribution in [3.8, 4) is 0 Å². The van der Waals surface area contributed by atoms with Crippen LogP contribution in [0.1, 0.15) is 38.4 Å². The minimum Gasteiger partial charge on any atom is -0.350 e. The number of benzene rings is 1. The van der Waals surface area contributed by atoms with Crippen molar-refractivity contribution in [2.75, 3.05) is 6.54 Å². The van der Waals surface area contributed by atoms with Crippen LogP contribution in [0.4, 0.5) is 0 Å². The van der Waals surface area contributed by atoms with E-state index in [4.69, 9.17) is 0 Å². The maximum atomic E-state index is 3.60. The molecule has 1 heterocycles. The molecule has 108 valence electrons. The Morgan fingerprint density at radius 3 is 2.50 bits per heavy atom. The minimum atomic E-state index is 0.156. The molecule has 0 aliphatic carbocycles. The SMILES string of the molecule is CCCn1cccc1CNCC(C)(C)c1ccccc1. The molecule has 0 amide bonds. The van der Waals surface area contributed by atoms with Crippen LogP contribution in [0, 0.1) is 0 Å². The second-order valence-electron chi connectivity index (χ2n) is 6.05. The Kier molecular flexibility index (Phi) is 5.02. The molecular formula is C18H26N2. The maximum Gasteiger partial charge on any atom is 0.0359 e. The van der Waals surface area contributed by atoms with E-state index in [1.165, 1.54) is 17.7 Å². The van der Waals surface area contributed by atoms with Crippen LogP contribution in [0.3, 0.4) is 0 Å². The lowest BCUT2D eigenvalue weighted by atomic mass is 9.84. The zero-order valence-electron chi connectivity index (χ0n) is 12.9. The first kappa shape index (κ1) is 14.9. The molecule has 1 aromatic heterocycles. The maximum absolute atomic E-state index is 3.60. The first-order valence-corrected chi connectivity index (χ1v) is 7.54. The van der Waals surface area contributed by atoms with Gasteiger partial charge in [-0.1, -0.05) is 51.1 Å². The lowest BCUT2D eigenvalue weighted by molar-refractivity contribution is 0.461. The van der Waals surface area contributed by atoms with Gasteiger partial charge < -0.3 is 9.88 Å². The summed E-state index contributed by atoms with van der Waals surface area (Å²) in [5.41, 5.74) is 2.91. The van der Waals surface area contributed by atoms with Crippen LogP contribution in [-0.4, -0.2) is 11.1 Å². The van der Waals surface area contributed by atoms with E-state index in [-0.39, 0.29) is 5.41 Å². The van der Waals surface area contributed by atoms with Crippen molar-refractivity contribution in [1.82, 2.24) is 9.88 Å². The van der Waals surface area contributed by atoms with E-state index in [0.29, 0.717) is 0 Å². The van der Waals surface area contributed by atoms with E-state index in [9.17, 15) is 0 Å². The van der Waals surface area contributed by atoms with Gasteiger partial charge in [-0.25, -0.2) is 0 Å². The summed E-state index contributed by atoms with van der Waals surface area (Å²) < 4.78 is 2.34. The molecule has 0 spiro atoms. The summed E-state index contributed by atoms with van der Waals surface area (Å²) in [7, 11) is 0. The zero-order chi connectivity index (χ0) is 14.4. The molecule has 0 atom stereocenters. The van der Waals surface area contributed by atoms with E-state index in [2.05, 4.69) is 79.3 Å². The monoisotopic (exact) mass is 270 g/mol. The van der Waals surface area contributed by atoms with Crippen LogP contribution < -0.4 is 5.32 Å². The lowest BCUT2D eigenvalue weighted by Gasteiger charge is -2.26. The van der Waals surface area contributed by atoms with Crippen molar-refractivity contribution in [1.29, 1.82) is 0 Å². The molecule has 0 aliphatic heterocycles. The fourth-order valence-corrected chi connectivity index (χ4v) is 2.56. The number of aryl methyl sites for hydroxylation is 1.